The fourth-order valence-electron chi connectivity index (χ4n) is 3.19. The third-order valence-electron chi connectivity index (χ3n) is 4.72. The molecular weight excluding hydrogens is 412 g/mol. The molecule has 0 bridgehead atoms. The molecule has 0 saturated carbocycles. The lowest BCUT2D eigenvalue weighted by molar-refractivity contribution is -0.383. The number of non-ortho nitro benzene ring substituents is 1. The highest BCUT2D eigenvalue weighted by Crippen LogP contribution is 2.32. The van der Waals surface area contributed by atoms with Crippen LogP contribution in [-0.2, 0) is 0 Å². The van der Waals surface area contributed by atoms with Crippen LogP contribution in [0.2, 0.25) is 0 Å². The molecule has 4 N–H and O–H groups in total. The fraction of sp³-hybridized carbons (Fsp3) is 0.0455. The molecule has 2 amide bonds. The molecule has 10 nitrogen and oxygen atoms in total. The van der Waals surface area contributed by atoms with Crippen molar-refractivity contribution in [3.63, 3.8) is 0 Å². The van der Waals surface area contributed by atoms with Gasteiger partial charge in [-0.2, -0.15) is 0 Å². The monoisotopic (exact) mass is 430 g/mol. The fourth-order valence-corrected chi connectivity index (χ4v) is 3.19. The number of nitrogens with zero attached hydrogens (tertiary/aromatic N) is 2. The lowest BCUT2D eigenvalue weighted by atomic mass is 10.1. The van der Waals surface area contributed by atoms with Crippen LogP contribution < -0.4 is 21.5 Å². The van der Waals surface area contributed by atoms with Gasteiger partial charge in [0.1, 0.15) is 0 Å². The number of nitro groups is 1. The number of nitro benzene ring substituents is 1. The highest BCUT2D eigenvalue weighted by Gasteiger charge is 2.19. The van der Waals surface area contributed by atoms with E-state index in [-0.39, 0.29) is 16.6 Å². The van der Waals surface area contributed by atoms with Gasteiger partial charge in [-0.3, -0.25) is 14.9 Å². The minimum Gasteiger partial charge on any atom is -0.353 e. The Morgan fingerprint density at radius 2 is 1.69 bits per heavy atom. The van der Waals surface area contributed by atoms with Gasteiger partial charge in [-0.05, 0) is 37.3 Å². The lowest BCUT2D eigenvalue weighted by Crippen LogP contribution is -2.20. The summed E-state index contributed by atoms with van der Waals surface area (Å²) in [5.74, 6) is 0. The molecule has 1 aromatic heterocycles. The number of hydrogen-bond acceptors (Lipinski definition) is 6. The molecule has 0 atom stereocenters. The molecular formula is C22H18N6O4. The lowest BCUT2D eigenvalue weighted by Gasteiger charge is -2.15. The molecule has 4 aromatic rings. The van der Waals surface area contributed by atoms with E-state index in [1.165, 1.54) is 12.1 Å². The van der Waals surface area contributed by atoms with Crippen molar-refractivity contribution in [1.82, 2.24) is 9.97 Å². The summed E-state index contributed by atoms with van der Waals surface area (Å²) >= 11 is 0. The number of hydrogen-bond donors (Lipinski definition) is 4. The van der Waals surface area contributed by atoms with Gasteiger partial charge >= 0.3 is 6.03 Å². The van der Waals surface area contributed by atoms with Crippen LogP contribution in [0.25, 0.3) is 10.9 Å². The number of fused-ring (bicyclic) bond motifs is 1. The van der Waals surface area contributed by atoms with Crippen molar-refractivity contribution in [1.29, 1.82) is 0 Å². The van der Waals surface area contributed by atoms with Crippen molar-refractivity contribution in [3.05, 3.63) is 93.0 Å². The Morgan fingerprint density at radius 3 is 2.41 bits per heavy atom. The maximum absolute atomic E-state index is 12.5. The van der Waals surface area contributed by atoms with Gasteiger partial charge in [0, 0.05) is 11.8 Å². The van der Waals surface area contributed by atoms with Gasteiger partial charge in [-0.15, -0.1) is 0 Å². The van der Waals surface area contributed by atoms with E-state index in [1.54, 1.807) is 36.4 Å². The number of aromatic nitrogens is 2. The highest BCUT2D eigenvalue weighted by atomic mass is 16.6. The summed E-state index contributed by atoms with van der Waals surface area (Å²) in [5, 5.41) is 19.9. The number of rotatable bonds is 5. The number of H-pyrrole nitrogens is 1. The molecule has 0 unspecified atom stereocenters. The number of nitrogens with one attached hydrogen (secondary N) is 4. The first-order valence-electron chi connectivity index (χ1n) is 9.58. The largest absolute Gasteiger partial charge is 0.353 e. The summed E-state index contributed by atoms with van der Waals surface area (Å²) in [4.78, 5) is 42.0. The third kappa shape index (κ3) is 4.24. The zero-order chi connectivity index (χ0) is 22.7. The van der Waals surface area contributed by atoms with E-state index in [0.717, 1.165) is 11.9 Å². The van der Waals surface area contributed by atoms with E-state index in [4.69, 9.17) is 0 Å². The Labute approximate surface area is 181 Å². The van der Waals surface area contributed by atoms with Crippen LogP contribution in [0.15, 0.2) is 71.8 Å². The normalized spacial score (nSPS) is 10.5. The van der Waals surface area contributed by atoms with Gasteiger partial charge < -0.3 is 20.9 Å². The minimum absolute atomic E-state index is 0.0358. The van der Waals surface area contributed by atoms with Crippen LogP contribution in [0.4, 0.5) is 33.2 Å². The Kier molecular flexibility index (Phi) is 5.49. The summed E-state index contributed by atoms with van der Waals surface area (Å²) in [6, 6.07) is 16.5. The van der Waals surface area contributed by atoms with Crippen molar-refractivity contribution >= 4 is 45.4 Å². The number of carbonyl (C=O) groups is 1. The molecule has 0 radical (unpaired) electrons. The van der Waals surface area contributed by atoms with E-state index in [0.29, 0.717) is 22.7 Å². The van der Waals surface area contributed by atoms with Crippen molar-refractivity contribution < 1.29 is 9.72 Å². The zero-order valence-electron chi connectivity index (χ0n) is 16.9. The highest BCUT2D eigenvalue weighted by molar-refractivity contribution is 6.03. The molecule has 0 aliphatic carbocycles. The SMILES string of the molecule is Cc1ccc(NC(=O)Nc2ccccc2Nc2ccc([N+](=O)[O-])c3nc[nH]c(=O)c23)cc1. The molecule has 0 fully saturated rings. The number of aryl methyl sites for hydroxylation is 1. The number of carbonyl (C=O) groups excluding carboxylic acids is 1. The Hall–Kier alpha value is -4.73. The van der Waals surface area contributed by atoms with Crippen LogP contribution in [0.1, 0.15) is 5.56 Å². The summed E-state index contributed by atoms with van der Waals surface area (Å²) in [6.07, 6.45) is 1.12. The van der Waals surface area contributed by atoms with Crippen LogP contribution in [0, 0.1) is 17.0 Å². The van der Waals surface area contributed by atoms with Gasteiger partial charge in [-0.25, -0.2) is 9.78 Å². The van der Waals surface area contributed by atoms with Gasteiger partial charge in [-0.1, -0.05) is 29.8 Å². The molecule has 160 valence electrons. The number of anilines is 4. The Morgan fingerprint density at radius 1 is 0.969 bits per heavy atom. The second-order valence-corrected chi connectivity index (χ2v) is 6.96. The first-order valence-corrected chi connectivity index (χ1v) is 9.58. The number of urea groups is 1. The van der Waals surface area contributed by atoms with Crippen LogP contribution in [0.5, 0.6) is 0 Å². The molecule has 0 aliphatic rings. The van der Waals surface area contributed by atoms with E-state index >= 15 is 0 Å². The van der Waals surface area contributed by atoms with Gasteiger partial charge in [0.05, 0.1) is 33.7 Å². The third-order valence-corrected chi connectivity index (χ3v) is 4.72. The molecule has 32 heavy (non-hydrogen) atoms. The molecule has 10 heteroatoms. The Balaban J connectivity index is 1.64. The van der Waals surface area contributed by atoms with Crippen molar-refractivity contribution in [2.24, 2.45) is 0 Å². The first-order chi connectivity index (χ1) is 15.4. The number of aromatic amines is 1. The van der Waals surface area contributed by atoms with E-state index in [9.17, 15) is 19.7 Å². The first kappa shape index (κ1) is 20.5. The summed E-state index contributed by atoms with van der Waals surface area (Å²) in [7, 11) is 0. The van der Waals surface area contributed by atoms with Crippen LogP contribution in [0.3, 0.4) is 0 Å². The number of amides is 2. The minimum atomic E-state index is -0.594. The molecule has 0 saturated heterocycles. The predicted molar refractivity (Wildman–Crippen MR) is 123 cm³/mol. The van der Waals surface area contributed by atoms with Gasteiger partial charge in [0.25, 0.3) is 11.2 Å². The standard InChI is InChI=1S/C22H18N6O4/c1-13-6-8-14(9-7-13)25-22(30)27-16-5-3-2-4-15(16)26-17-10-11-18(28(31)32)20-19(17)21(29)24-12-23-20/h2-12,26H,1H3,(H,23,24,29)(H2,25,27,30). The van der Waals surface area contributed by atoms with Gasteiger partial charge in [0.2, 0.25) is 0 Å². The zero-order valence-corrected chi connectivity index (χ0v) is 16.9. The van der Waals surface area contributed by atoms with Crippen molar-refractivity contribution in [3.8, 4) is 0 Å². The average Bonchev–Trinajstić information content (AvgIpc) is 2.76. The molecule has 4 rings (SSSR count). The second-order valence-electron chi connectivity index (χ2n) is 6.96. The van der Waals surface area contributed by atoms with Crippen LogP contribution >= 0.6 is 0 Å². The molecule has 3 aromatic carbocycles. The van der Waals surface area contributed by atoms with Crippen LogP contribution in [-0.4, -0.2) is 20.9 Å². The van der Waals surface area contributed by atoms with E-state index in [2.05, 4.69) is 25.9 Å². The van der Waals surface area contributed by atoms with Gasteiger partial charge in [0.15, 0.2) is 5.52 Å². The average molecular weight is 430 g/mol. The number of para-hydroxylation sites is 2. The Bertz CT molecular complexity index is 1380. The molecule has 0 aliphatic heterocycles. The maximum Gasteiger partial charge on any atom is 0.323 e. The maximum atomic E-state index is 12.5. The molecule has 1 heterocycles. The van der Waals surface area contributed by atoms with E-state index in [1.807, 2.05) is 19.1 Å². The van der Waals surface area contributed by atoms with E-state index < -0.39 is 16.5 Å². The predicted octanol–water partition coefficient (Wildman–Crippen LogP) is 4.53. The molecule has 0 spiro atoms. The second kappa shape index (κ2) is 8.56. The summed E-state index contributed by atoms with van der Waals surface area (Å²) in [6.45, 7) is 1.95. The summed E-state index contributed by atoms with van der Waals surface area (Å²) in [5.41, 5.74) is 2.13. The van der Waals surface area contributed by atoms with Crippen molar-refractivity contribution in [2.45, 2.75) is 6.92 Å². The topological polar surface area (TPSA) is 142 Å². The number of benzene rings is 3. The quantitative estimate of drug-likeness (QED) is 0.271. The smallest absolute Gasteiger partial charge is 0.323 e. The van der Waals surface area contributed by atoms with Crippen molar-refractivity contribution in [2.75, 3.05) is 16.0 Å². The summed E-state index contributed by atoms with van der Waals surface area (Å²) < 4.78 is 0.